The van der Waals surface area contributed by atoms with Crippen molar-refractivity contribution in [2.45, 2.75) is 17.7 Å². The molecule has 0 aromatic heterocycles. The van der Waals surface area contributed by atoms with Gasteiger partial charge in [-0.25, -0.2) is 0 Å². The maximum absolute atomic E-state index is 10.2. The van der Waals surface area contributed by atoms with E-state index in [-0.39, 0.29) is 6.42 Å². The average molecular weight is 159 g/mol. The largest absolute Gasteiger partial charge is 0.480 e. The van der Waals surface area contributed by atoms with Crippen LogP contribution in [-0.2, 0) is 4.79 Å². The number of hydrogen-bond donors (Lipinski definition) is 3. The van der Waals surface area contributed by atoms with E-state index in [0.29, 0.717) is 0 Å². The average Bonchev–Trinajstić information content (AvgIpc) is 1.87. The molecule has 0 aromatic carbocycles. The molecule has 2 atom stereocenters. The Morgan fingerprint density at radius 2 is 2.40 bits per heavy atom. The summed E-state index contributed by atoms with van der Waals surface area (Å²) in [7, 11) is 0. The fourth-order valence-corrected chi connectivity index (χ4v) is 0.645. The van der Waals surface area contributed by atoms with Gasteiger partial charge in [0.1, 0.15) is 6.04 Å². The van der Waals surface area contributed by atoms with Crippen LogP contribution < -0.4 is 5.73 Å². The molecule has 0 aromatic rings. The molecule has 3 N–H and O–H groups in total. The molecule has 0 amide bonds. The minimum absolute atomic E-state index is 0.274. The van der Waals surface area contributed by atoms with E-state index in [0.717, 1.165) is 0 Å². The molecule has 0 saturated heterocycles. The first kappa shape index (κ1) is 9.34. The number of terminal acetylenes is 1. The second-order valence-corrected chi connectivity index (χ2v) is 2.50. The predicted molar refractivity (Wildman–Crippen MR) is 41.8 cm³/mol. The van der Waals surface area contributed by atoms with Gasteiger partial charge < -0.3 is 10.8 Å². The highest BCUT2D eigenvalue weighted by Gasteiger charge is 2.19. The van der Waals surface area contributed by atoms with E-state index in [9.17, 15) is 4.79 Å². The van der Waals surface area contributed by atoms with Crippen molar-refractivity contribution in [2.75, 3.05) is 0 Å². The summed E-state index contributed by atoms with van der Waals surface area (Å²) in [4.78, 5) is 10.2. The maximum Gasteiger partial charge on any atom is 0.321 e. The lowest BCUT2D eigenvalue weighted by molar-refractivity contribution is -0.138. The van der Waals surface area contributed by atoms with Crippen LogP contribution in [0.2, 0.25) is 0 Å². The van der Waals surface area contributed by atoms with E-state index in [1.54, 1.807) is 0 Å². The first-order valence-corrected chi connectivity index (χ1v) is 3.21. The summed E-state index contributed by atoms with van der Waals surface area (Å²) in [6.07, 6.45) is 5.19. The Labute approximate surface area is 65.0 Å². The molecule has 0 aliphatic rings. The molecule has 0 aliphatic carbocycles. The van der Waals surface area contributed by atoms with Crippen LogP contribution in [0.25, 0.3) is 0 Å². The topological polar surface area (TPSA) is 63.3 Å². The zero-order valence-electron chi connectivity index (χ0n) is 5.32. The molecule has 1 unspecified atom stereocenters. The third-order valence-corrected chi connectivity index (χ3v) is 1.53. The Bertz CT molecular complexity index is 164. The van der Waals surface area contributed by atoms with E-state index in [1.807, 2.05) is 0 Å². The second kappa shape index (κ2) is 4.20. The SMILES string of the molecule is C#CCC(S)[C@H](N)C(=O)O. The van der Waals surface area contributed by atoms with E-state index in [1.165, 1.54) is 0 Å². The fraction of sp³-hybridized carbons (Fsp3) is 0.500. The summed E-state index contributed by atoms with van der Waals surface area (Å²) >= 11 is 3.90. The van der Waals surface area contributed by atoms with Crippen molar-refractivity contribution in [1.29, 1.82) is 0 Å². The number of carboxylic acid groups (broad SMARTS) is 1. The standard InChI is InChI=1S/C6H9NO2S/c1-2-3-4(10)5(7)6(8)9/h1,4-5,10H,3,7H2,(H,8,9)/t4?,5-/m0/s1. The number of thiol groups is 1. The number of nitrogens with two attached hydrogens (primary N) is 1. The Balaban J connectivity index is 3.84. The van der Waals surface area contributed by atoms with Crippen LogP contribution in [0.3, 0.4) is 0 Å². The zero-order chi connectivity index (χ0) is 8.15. The van der Waals surface area contributed by atoms with Crippen molar-refractivity contribution < 1.29 is 9.90 Å². The Morgan fingerprint density at radius 3 is 2.70 bits per heavy atom. The maximum atomic E-state index is 10.2. The van der Waals surface area contributed by atoms with Crippen LogP contribution in [-0.4, -0.2) is 22.4 Å². The summed E-state index contributed by atoms with van der Waals surface area (Å²) in [5.74, 6) is 1.21. The lowest BCUT2D eigenvalue weighted by Crippen LogP contribution is -2.38. The van der Waals surface area contributed by atoms with Crippen molar-refractivity contribution in [2.24, 2.45) is 5.73 Å². The van der Waals surface area contributed by atoms with Gasteiger partial charge in [-0.15, -0.1) is 12.3 Å². The molecule has 0 radical (unpaired) electrons. The van der Waals surface area contributed by atoms with Crippen LogP contribution in [0, 0.1) is 12.3 Å². The molecular weight excluding hydrogens is 150 g/mol. The third-order valence-electron chi connectivity index (χ3n) is 1.03. The second-order valence-electron chi connectivity index (χ2n) is 1.84. The van der Waals surface area contributed by atoms with E-state index in [4.69, 9.17) is 17.3 Å². The van der Waals surface area contributed by atoms with Crippen LogP contribution in [0.15, 0.2) is 0 Å². The number of aliphatic carboxylic acids is 1. The number of hydrogen-bond acceptors (Lipinski definition) is 3. The lowest BCUT2D eigenvalue weighted by atomic mass is 10.2. The molecule has 0 rings (SSSR count). The smallest absolute Gasteiger partial charge is 0.321 e. The van der Waals surface area contributed by atoms with Crippen LogP contribution in [0.4, 0.5) is 0 Å². The number of carbonyl (C=O) groups is 1. The Kier molecular flexibility index (Phi) is 3.93. The van der Waals surface area contributed by atoms with Gasteiger partial charge in [0.15, 0.2) is 0 Å². The molecule has 0 aliphatic heterocycles. The highest BCUT2D eigenvalue weighted by atomic mass is 32.1. The molecule has 56 valence electrons. The van der Waals surface area contributed by atoms with Gasteiger partial charge in [-0.3, -0.25) is 4.79 Å². The lowest BCUT2D eigenvalue weighted by Gasteiger charge is -2.10. The van der Waals surface area contributed by atoms with Crippen molar-refractivity contribution in [3.05, 3.63) is 0 Å². The predicted octanol–water partition coefficient (Wildman–Crippen LogP) is -0.280. The van der Waals surface area contributed by atoms with Crippen molar-refractivity contribution in [3.8, 4) is 12.3 Å². The normalized spacial score (nSPS) is 15.3. The van der Waals surface area contributed by atoms with Crippen molar-refractivity contribution in [3.63, 3.8) is 0 Å². The van der Waals surface area contributed by atoms with E-state index >= 15 is 0 Å². The fourth-order valence-electron chi connectivity index (χ4n) is 0.412. The van der Waals surface area contributed by atoms with Crippen LogP contribution >= 0.6 is 12.6 Å². The third kappa shape index (κ3) is 2.76. The van der Waals surface area contributed by atoms with Gasteiger partial charge >= 0.3 is 5.97 Å². The molecule has 0 bridgehead atoms. The summed E-state index contributed by atoms with van der Waals surface area (Å²) in [6.45, 7) is 0. The molecular formula is C6H9NO2S. The van der Waals surface area contributed by atoms with Crippen LogP contribution in [0.1, 0.15) is 6.42 Å². The van der Waals surface area contributed by atoms with Gasteiger partial charge in [0.25, 0.3) is 0 Å². The van der Waals surface area contributed by atoms with E-state index < -0.39 is 17.3 Å². The minimum Gasteiger partial charge on any atom is -0.480 e. The molecule has 0 saturated carbocycles. The highest BCUT2D eigenvalue weighted by molar-refractivity contribution is 7.81. The zero-order valence-corrected chi connectivity index (χ0v) is 6.21. The highest BCUT2D eigenvalue weighted by Crippen LogP contribution is 2.03. The first-order valence-electron chi connectivity index (χ1n) is 2.69. The van der Waals surface area contributed by atoms with Gasteiger partial charge in [-0.05, 0) is 0 Å². The quantitative estimate of drug-likeness (QED) is 0.392. The summed E-state index contributed by atoms with van der Waals surface area (Å²) in [5, 5.41) is 7.88. The first-order chi connectivity index (χ1) is 4.59. The monoisotopic (exact) mass is 159 g/mol. The van der Waals surface area contributed by atoms with Gasteiger partial charge in [0.05, 0.1) is 0 Å². The molecule has 10 heavy (non-hydrogen) atoms. The molecule has 0 fully saturated rings. The molecule has 3 nitrogen and oxygen atoms in total. The summed E-state index contributed by atoms with van der Waals surface area (Å²) < 4.78 is 0. The molecule has 0 heterocycles. The summed E-state index contributed by atoms with van der Waals surface area (Å²) in [5.41, 5.74) is 5.17. The van der Waals surface area contributed by atoms with Crippen molar-refractivity contribution >= 4 is 18.6 Å². The molecule has 4 heteroatoms. The van der Waals surface area contributed by atoms with Gasteiger partial charge in [0.2, 0.25) is 0 Å². The number of carboxylic acids is 1. The van der Waals surface area contributed by atoms with Gasteiger partial charge in [0, 0.05) is 11.7 Å². The summed E-state index contributed by atoms with van der Waals surface area (Å²) in [6, 6.07) is -0.973. The minimum atomic E-state index is -1.07. The Morgan fingerprint density at radius 1 is 1.90 bits per heavy atom. The van der Waals surface area contributed by atoms with Gasteiger partial charge in [-0.1, -0.05) is 0 Å². The van der Waals surface area contributed by atoms with Gasteiger partial charge in [-0.2, -0.15) is 12.6 Å². The van der Waals surface area contributed by atoms with Crippen molar-refractivity contribution in [1.82, 2.24) is 0 Å². The molecule has 0 spiro atoms. The number of rotatable bonds is 3. The Hall–Kier alpha value is -0.660. The van der Waals surface area contributed by atoms with Crippen LogP contribution in [0.5, 0.6) is 0 Å². The van der Waals surface area contributed by atoms with E-state index in [2.05, 4.69) is 18.5 Å².